The van der Waals surface area contributed by atoms with E-state index in [0.717, 1.165) is 5.32 Å². The minimum Gasteiger partial charge on any atom is -0.481 e. The molecule has 1 fully saturated rings. The van der Waals surface area contributed by atoms with Crippen molar-refractivity contribution in [2.24, 2.45) is 0 Å². The first-order valence-electron chi connectivity index (χ1n) is 4.26. The van der Waals surface area contributed by atoms with Gasteiger partial charge in [-0.1, -0.05) is 0 Å². The van der Waals surface area contributed by atoms with Gasteiger partial charge in [0.2, 0.25) is 0 Å². The van der Waals surface area contributed by atoms with Crippen LogP contribution in [-0.4, -0.2) is 41.2 Å². The van der Waals surface area contributed by atoms with Crippen molar-refractivity contribution in [3.8, 4) is 0 Å². The summed E-state index contributed by atoms with van der Waals surface area (Å²) in [6.45, 7) is 0. The number of halogens is 6. The van der Waals surface area contributed by atoms with Gasteiger partial charge in [0.1, 0.15) is 6.04 Å². The summed E-state index contributed by atoms with van der Waals surface area (Å²) in [5.41, 5.74) is -4.86. The number of hydrogen-bond donors (Lipinski definition) is 2. The number of carboxylic acid groups (broad SMARTS) is 1. The summed E-state index contributed by atoms with van der Waals surface area (Å²) >= 11 is 0. The monoisotopic (exact) mass is 281 g/mol. The molecule has 1 rings (SSSR count). The summed E-state index contributed by atoms with van der Waals surface area (Å²) in [5, 5.41) is 9.12. The highest BCUT2D eigenvalue weighted by Crippen LogP contribution is 2.46. The SMILES string of the molecule is O=C(O)C[C@@H]1NC(C(F)(F)F)(C(F)(F)F)OC1=O. The third-order valence-electron chi connectivity index (χ3n) is 2.09. The van der Waals surface area contributed by atoms with Crippen LogP contribution in [0.2, 0.25) is 0 Å². The van der Waals surface area contributed by atoms with Crippen LogP contribution < -0.4 is 5.32 Å². The molecule has 0 aromatic carbocycles. The first-order valence-corrected chi connectivity index (χ1v) is 4.26. The molecule has 1 saturated heterocycles. The van der Waals surface area contributed by atoms with Crippen LogP contribution in [-0.2, 0) is 14.3 Å². The van der Waals surface area contributed by atoms with Gasteiger partial charge in [-0.2, -0.15) is 26.3 Å². The molecule has 0 amide bonds. The summed E-state index contributed by atoms with van der Waals surface area (Å²) < 4.78 is 77.7. The Morgan fingerprint density at radius 2 is 1.72 bits per heavy atom. The Hall–Kier alpha value is -1.52. The number of carbonyl (C=O) groups excluding carboxylic acids is 1. The molecular weight excluding hydrogens is 276 g/mol. The standard InChI is InChI=1S/C7H5F6NO4/c8-6(9,10)5(7(11,12)13)14-2(1-3(15)16)4(17)18-5/h2,14H,1H2,(H,15,16)/t2-/m0/s1. The number of esters is 1. The number of rotatable bonds is 2. The second-order valence-corrected chi connectivity index (χ2v) is 3.39. The van der Waals surface area contributed by atoms with Gasteiger partial charge in [0.15, 0.2) is 0 Å². The molecule has 2 N–H and O–H groups in total. The summed E-state index contributed by atoms with van der Waals surface area (Å²) in [4.78, 5) is 21.1. The molecule has 1 heterocycles. The number of nitrogens with one attached hydrogen (secondary N) is 1. The Bertz CT molecular complexity index is 361. The van der Waals surface area contributed by atoms with E-state index in [4.69, 9.17) is 5.11 Å². The van der Waals surface area contributed by atoms with Crippen LogP contribution in [0.25, 0.3) is 0 Å². The molecule has 0 saturated carbocycles. The smallest absolute Gasteiger partial charge is 0.452 e. The predicted octanol–water partition coefficient (Wildman–Crippen LogP) is 0.797. The van der Waals surface area contributed by atoms with Gasteiger partial charge in [0.25, 0.3) is 0 Å². The van der Waals surface area contributed by atoms with Crippen LogP contribution in [0.3, 0.4) is 0 Å². The predicted molar refractivity (Wildman–Crippen MR) is 40.1 cm³/mol. The maximum absolute atomic E-state index is 12.4. The number of carbonyl (C=O) groups is 2. The van der Waals surface area contributed by atoms with Gasteiger partial charge in [0.05, 0.1) is 6.42 Å². The Kier molecular flexibility index (Phi) is 3.23. The lowest BCUT2D eigenvalue weighted by molar-refractivity contribution is -0.369. The minimum atomic E-state index is -5.96. The molecule has 0 aliphatic carbocycles. The molecule has 1 aliphatic rings. The normalized spacial score (nSPS) is 23.9. The summed E-state index contributed by atoms with van der Waals surface area (Å²) in [6.07, 6.45) is -13.2. The first-order chi connectivity index (χ1) is 7.91. The van der Waals surface area contributed by atoms with Gasteiger partial charge in [-0.25, -0.2) is 0 Å². The lowest BCUT2D eigenvalue weighted by atomic mass is 10.1. The Balaban J connectivity index is 3.12. The molecule has 18 heavy (non-hydrogen) atoms. The fourth-order valence-corrected chi connectivity index (χ4v) is 1.30. The van der Waals surface area contributed by atoms with Crippen LogP contribution in [0.1, 0.15) is 6.42 Å². The Labute approximate surface area is 94.7 Å². The highest BCUT2D eigenvalue weighted by Gasteiger charge is 2.78. The van der Waals surface area contributed by atoms with E-state index in [0.29, 0.717) is 0 Å². The summed E-state index contributed by atoms with van der Waals surface area (Å²) in [7, 11) is 0. The van der Waals surface area contributed by atoms with Crippen molar-refractivity contribution in [3.63, 3.8) is 0 Å². The van der Waals surface area contributed by atoms with E-state index in [-0.39, 0.29) is 0 Å². The van der Waals surface area contributed by atoms with E-state index < -0.39 is 42.5 Å². The Morgan fingerprint density at radius 1 is 1.28 bits per heavy atom. The van der Waals surface area contributed by atoms with E-state index in [1.807, 2.05) is 0 Å². The van der Waals surface area contributed by atoms with Crippen LogP contribution in [0.4, 0.5) is 26.3 Å². The third kappa shape index (κ3) is 2.21. The number of carboxylic acids is 1. The van der Waals surface area contributed by atoms with Crippen molar-refractivity contribution in [1.82, 2.24) is 5.32 Å². The zero-order valence-electron chi connectivity index (χ0n) is 8.22. The average molecular weight is 281 g/mol. The van der Waals surface area contributed by atoms with E-state index in [1.54, 1.807) is 0 Å². The number of ether oxygens (including phenoxy) is 1. The van der Waals surface area contributed by atoms with Gasteiger partial charge in [-0.3, -0.25) is 14.9 Å². The minimum absolute atomic E-state index is 0.863. The molecule has 1 atom stereocenters. The zero-order valence-corrected chi connectivity index (χ0v) is 8.22. The fourth-order valence-electron chi connectivity index (χ4n) is 1.30. The number of alkyl halides is 6. The fraction of sp³-hybridized carbons (Fsp3) is 0.714. The van der Waals surface area contributed by atoms with Crippen molar-refractivity contribution in [3.05, 3.63) is 0 Å². The van der Waals surface area contributed by atoms with Crippen LogP contribution in [0.5, 0.6) is 0 Å². The molecule has 11 heteroatoms. The first kappa shape index (κ1) is 14.5. The van der Waals surface area contributed by atoms with Crippen molar-refractivity contribution >= 4 is 11.9 Å². The maximum atomic E-state index is 12.4. The quantitative estimate of drug-likeness (QED) is 0.578. The second kappa shape index (κ2) is 4.00. The summed E-state index contributed by atoms with van der Waals surface area (Å²) in [6, 6.07) is -2.22. The molecule has 0 radical (unpaired) electrons. The molecule has 0 aromatic heterocycles. The molecule has 0 bridgehead atoms. The Morgan fingerprint density at radius 3 is 2.00 bits per heavy atom. The van der Waals surface area contributed by atoms with E-state index in [9.17, 15) is 35.9 Å². The van der Waals surface area contributed by atoms with Gasteiger partial charge >= 0.3 is 30.0 Å². The molecule has 0 aromatic rings. The highest BCUT2D eigenvalue weighted by atomic mass is 19.4. The summed E-state index contributed by atoms with van der Waals surface area (Å²) in [5.74, 6) is -3.67. The van der Waals surface area contributed by atoms with Crippen molar-refractivity contribution in [2.75, 3.05) is 0 Å². The van der Waals surface area contributed by atoms with Gasteiger partial charge in [0, 0.05) is 0 Å². The number of hydrogen-bond acceptors (Lipinski definition) is 4. The molecule has 0 unspecified atom stereocenters. The van der Waals surface area contributed by atoms with Crippen LogP contribution in [0, 0.1) is 0 Å². The van der Waals surface area contributed by atoms with Gasteiger partial charge < -0.3 is 9.84 Å². The molecule has 0 spiro atoms. The van der Waals surface area contributed by atoms with E-state index >= 15 is 0 Å². The lowest BCUT2D eigenvalue weighted by Gasteiger charge is -2.31. The average Bonchev–Trinajstić information content (AvgIpc) is 2.41. The van der Waals surface area contributed by atoms with Crippen LogP contribution in [0.15, 0.2) is 0 Å². The second-order valence-electron chi connectivity index (χ2n) is 3.39. The molecular formula is C7H5F6NO4. The largest absolute Gasteiger partial charge is 0.481 e. The van der Waals surface area contributed by atoms with Gasteiger partial charge in [-0.05, 0) is 0 Å². The van der Waals surface area contributed by atoms with Crippen molar-refractivity contribution in [2.45, 2.75) is 30.5 Å². The van der Waals surface area contributed by atoms with E-state index in [1.165, 1.54) is 0 Å². The van der Waals surface area contributed by atoms with Gasteiger partial charge in [-0.15, -0.1) is 0 Å². The number of cyclic esters (lactones) is 1. The van der Waals surface area contributed by atoms with Crippen molar-refractivity contribution in [1.29, 1.82) is 0 Å². The lowest BCUT2D eigenvalue weighted by Crippen LogP contribution is -2.65. The molecule has 5 nitrogen and oxygen atoms in total. The van der Waals surface area contributed by atoms with E-state index in [2.05, 4.69) is 4.74 Å². The molecule has 104 valence electrons. The topological polar surface area (TPSA) is 75.6 Å². The van der Waals surface area contributed by atoms with Crippen molar-refractivity contribution < 1.29 is 45.8 Å². The van der Waals surface area contributed by atoms with Crippen LogP contribution >= 0.6 is 0 Å². The zero-order chi connectivity index (χ0) is 14.4. The maximum Gasteiger partial charge on any atom is 0.452 e. The number of aliphatic carboxylic acids is 1. The third-order valence-corrected chi connectivity index (χ3v) is 2.09. The highest BCUT2D eigenvalue weighted by molar-refractivity contribution is 5.84. The molecule has 1 aliphatic heterocycles.